The SMILES string of the molecule is CC(C)(C)OC(=O)N1CCN(c2ccc(-c3cc(C4CCCN(C(=O)CCN5C=CCN5)C4)c(F)c4[nH]c(C(=O)O)cc34)cc2)CC1. The molecular weight excluding hydrogens is 603 g/mol. The number of aromatic carboxylic acids is 1. The van der Waals surface area contributed by atoms with E-state index < -0.39 is 17.4 Å². The monoisotopic (exact) mass is 646 g/mol. The molecule has 1 unspecified atom stereocenters. The van der Waals surface area contributed by atoms with Gasteiger partial charge in [-0.25, -0.2) is 19.4 Å². The Morgan fingerprint density at radius 1 is 1.02 bits per heavy atom. The summed E-state index contributed by atoms with van der Waals surface area (Å²) in [5, 5.41) is 12.1. The van der Waals surface area contributed by atoms with Gasteiger partial charge in [0.15, 0.2) is 5.82 Å². The largest absolute Gasteiger partial charge is 0.477 e. The number of aromatic nitrogens is 1. The molecule has 1 atom stereocenters. The first-order valence-electron chi connectivity index (χ1n) is 16.3. The van der Waals surface area contributed by atoms with E-state index in [1.165, 1.54) is 6.07 Å². The van der Waals surface area contributed by atoms with Crippen molar-refractivity contribution in [2.24, 2.45) is 0 Å². The lowest BCUT2D eigenvalue weighted by Gasteiger charge is -2.36. The first-order valence-corrected chi connectivity index (χ1v) is 16.3. The van der Waals surface area contributed by atoms with E-state index in [1.807, 2.05) is 73.3 Å². The minimum Gasteiger partial charge on any atom is -0.477 e. The number of carbonyl (C=O) groups excluding carboxylic acids is 2. The summed E-state index contributed by atoms with van der Waals surface area (Å²) < 4.78 is 21.7. The van der Waals surface area contributed by atoms with Crippen LogP contribution in [0.3, 0.4) is 0 Å². The number of hydrazine groups is 1. The van der Waals surface area contributed by atoms with Gasteiger partial charge in [0.05, 0.1) is 5.52 Å². The molecule has 3 N–H and O–H groups in total. The van der Waals surface area contributed by atoms with Crippen LogP contribution in [0.4, 0.5) is 14.9 Å². The lowest BCUT2D eigenvalue weighted by atomic mass is 9.87. The molecule has 11 nitrogen and oxygen atoms in total. The van der Waals surface area contributed by atoms with Crippen LogP contribution >= 0.6 is 0 Å². The molecule has 47 heavy (non-hydrogen) atoms. The average molecular weight is 647 g/mol. The van der Waals surface area contributed by atoms with Gasteiger partial charge in [-0.1, -0.05) is 18.2 Å². The second-order valence-electron chi connectivity index (χ2n) is 13.5. The van der Waals surface area contributed by atoms with Gasteiger partial charge in [-0.2, -0.15) is 0 Å². The first kappa shape index (κ1) is 32.4. The van der Waals surface area contributed by atoms with Crippen LogP contribution < -0.4 is 10.3 Å². The van der Waals surface area contributed by atoms with Crippen LogP contribution in [0.25, 0.3) is 22.0 Å². The molecule has 0 bridgehead atoms. The lowest BCUT2D eigenvalue weighted by Crippen LogP contribution is -2.50. The smallest absolute Gasteiger partial charge is 0.410 e. The Hall–Kier alpha value is -4.58. The number of benzene rings is 2. The summed E-state index contributed by atoms with van der Waals surface area (Å²) in [6.07, 6.45) is 5.46. The molecule has 0 saturated carbocycles. The highest BCUT2D eigenvalue weighted by atomic mass is 19.1. The van der Waals surface area contributed by atoms with Gasteiger partial charge in [-0.05, 0) is 74.6 Å². The number of carboxylic acid groups (broad SMARTS) is 1. The Labute approximate surface area is 273 Å². The molecule has 0 aliphatic carbocycles. The number of halogens is 1. The number of anilines is 1. The van der Waals surface area contributed by atoms with Gasteiger partial charge in [0, 0.05) is 82.0 Å². The van der Waals surface area contributed by atoms with Crippen molar-refractivity contribution >= 4 is 34.6 Å². The third-order valence-electron chi connectivity index (χ3n) is 9.06. The quantitative estimate of drug-likeness (QED) is 0.322. The van der Waals surface area contributed by atoms with E-state index >= 15 is 4.39 Å². The summed E-state index contributed by atoms with van der Waals surface area (Å²) in [4.78, 5) is 46.1. The number of likely N-dealkylation sites (tertiary alicyclic amines) is 1. The minimum atomic E-state index is -1.16. The van der Waals surface area contributed by atoms with Crippen molar-refractivity contribution in [2.75, 3.05) is 57.3 Å². The topological polar surface area (TPSA) is 121 Å². The average Bonchev–Trinajstić information content (AvgIpc) is 3.75. The number of nitrogens with zero attached hydrogens (tertiary/aromatic N) is 4. The molecule has 250 valence electrons. The van der Waals surface area contributed by atoms with Gasteiger partial charge in [-0.3, -0.25) is 4.79 Å². The van der Waals surface area contributed by atoms with E-state index in [0.717, 1.165) is 36.2 Å². The first-order chi connectivity index (χ1) is 22.5. The third-order valence-corrected chi connectivity index (χ3v) is 9.06. The summed E-state index contributed by atoms with van der Waals surface area (Å²) >= 11 is 0. The van der Waals surface area contributed by atoms with Crippen LogP contribution in [0.1, 0.15) is 62.0 Å². The summed E-state index contributed by atoms with van der Waals surface area (Å²) in [5.74, 6) is -1.82. The third kappa shape index (κ3) is 7.22. The van der Waals surface area contributed by atoms with Crippen LogP contribution in [0, 0.1) is 5.82 Å². The number of piperazine rings is 1. The number of fused-ring (bicyclic) bond motifs is 1. The van der Waals surface area contributed by atoms with Gasteiger partial charge in [-0.15, -0.1) is 0 Å². The van der Waals surface area contributed by atoms with Crippen molar-refractivity contribution in [1.82, 2.24) is 25.2 Å². The molecule has 2 fully saturated rings. The van der Waals surface area contributed by atoms with Crippen LogP contribution in [0.5, 0.6) is 0 Å². The number of hydrogen-bond donors (Lipinski definition) is 3. The van der Waals surface area contributed by atoms with Crippen LogP contribution in [0.15, 0.2) is 48.7 Å². The predicted octanol–water partition coefficient (Wildman–Crippen LogP) is 5.16. The molecule has 0 radical (unpaired) electrons. The van der Waals surface area contributed by atoms with Crippen LogP contribution in [-0.2, 0) is 9.53 Å². The highest BCUT2D eigenvalue weighted by molar-refractivity contribution is 6.01. The van der Waals surface area contributed by atoms with Crippen molar-refractivity contribution in [2.45, 2.75) is 51.6 Å². The molecule has 2 saturated heterocycles. The second kappa shape index (κ2) is 13.3. The number of carboxylic acids is 1. The second-order valence-corrected chi connectivity index (χ2v) is 13.5. The molecule has 1 aromatic heterocycles. The van der Waals surface area contributed by atoms with Gasteiger partial charge in [0.25, 0.3) is 0 Å². The van der Waals surface area contributed by atoms with Crippen molar-refractivity contribution in [3.05, 3.63) is 65.7 Å². The number of ether oxygens (including phenoxy) is 1. The van der Waals surface area contributed by atoms with Gasteiger partial charge in [0.1, 0.15) is 11.3 Å². The fourth-order valence-electron chi connectivity index (χ4n) is 6.65. The maximum Gasteiger partial charge on any atom is 0.410 e. The fourth-order valence-corrected chi connectivity index (χ4v) is 6.65. The molecule has 3 aliphatic rings. The van der Waals surface area contributed by atoms with E-state index in [2.05, 4.69) is 15.3 Å². The lowest BCUT2D eigenvalue weighted by molar-refractivity contribution is -0.132. The standard InChI is InChI=1S/C35H43FN6O5/c1-35(2,3)47-34(46)40-18-16-39(17-19-40)25-9-7-23(8-10-25)26-20-27(31(36)32-28(26)21-29(38-32)33(44)45)24-6-4-13-41(22-24)30(43)11-15-42-14-5-12-37-42/h5,7-10,14,20-21,24,37-38H,4,6,11-13,15-19,22H2,1-3H3,(H,44,45). The van der Waals surface area contributed by atoms with E-state index in [1.54, 1.807) is 4.90 Å². The van der Waals surface area contributed by atoms with E-state index in [4.69, 9.17) is 4.74 Å². The van der Waals surface area contributed by atoms with Gasteiger partial charge < -0.3 is 34.5 Å². The van der Waals surface area contributed by atoms with Gasteiger partial charge in [0.2, 0.25) is 5.91 Å². The molecule has 3 aromatic rings. The fraction of sp³-hybridized carbons (Fsp3) is 0.457. The predicted molar refractivity (Wildman–Crippen MR) is 178 cm³/mol. The van der Waals surface area contributed by atoms with Crippen LogP contribution in [0.2, 0.25) is 0 Å². The Balaban J connectivity index is 1.22. The zero-order valence-electron chi connectivity index (χ0n) is 27.2. The highest BCUT2D eigenvalue weighted by Gasteiger charge is 2.30. The van der Waals surface area contributed by atoms with E-state index in [9.17, 15) is 19.5 Å². The highest BCUT2D eigenvalue weighted by Crippen LogP contribution is 2.39. The Bertz CT molecular complexity index is 1670. The Kier molecular flexibility index (Phi) is 9.14. The number of rotatable bonds is 7. The van der Waals surface area contributed by atoms with Crippen molar-refractivity contribution in [1.29, 1.82) is 0 Å². The minimum absolute atomic E-state index is 0.0362. The van der Waals surface area contributed by atoms with Gasteiger partial charge >= 0.3 is 12.1 Å². The molecule has 0 spiro atoms. The molecule has 4 heterocycles. The Morgan fingerprint density at radius 3 is 2.43 bits per heavy atom. The number of hydrogen-bond acceptors (Lipinski definition) is 7. The zero-order chi connectivity index (χ0) is 33.3. The van der Waals surface area contributed by atoms with Crippen molar-refractivity contribution < 1.29 is 28.6 Å². The summed E-state index contributed by atoms with van der Waals surface area (Å²) in [6, 6.07) is 11.3. The van der Waals surface area contributed by atoms with E-state index in [0.29, 0.717) is 63.2 Å². The van der Waals surface area contributed by atoms with Crippen LogP contribution in [-0.4, -0.2) is 101 Å². The molecule has 3 aliphatic heterocycles. The zero-order valence-corrected chi connectivity index (χ0v) is 27.2. The maximum absolute atomic E-state index is 16.2. The summed E-state index contributed by atoms with van der Waals surface area (Å²) in [7, 11) is 0. The number of nitrogens with one attached hydrogen (secondary N) is 2. The molecule has 2 amide bonds. The van der Waals surface area contributed by atoms with Crippen molar-refractivity contribution in [3.8, 4) is 11.1 Å². The molecule has 12 heteroatoms. The normalized spacial score (nSPS) is 18.7. The molecule has 2 aromatic carbocycles. The van der Waals surface area contributed by atoms with Crippen molar-refractivity contribution in [3.63, 3.8) is 0 Å². The number of H-pyrrole nitrogens is 1. The number of carbonyl (C=O) groups is 3. The maximum atomic E-state index is 16.2. The Morgan fingerprint density at radius 2 is 1.77 bits per heavy atom. The number of piperidine rings is 1. The molecule has 6 rings (SSSR count). The van der Waals surface area contributed by atoms with E-state index in [-0.39, 0.29) is 29.1 Å². The summed E-state index contributed by atoms with van der Waals surface area (Å²) in [6.45, 7) is 10.3. The number of aromatic amines is 1. The number of amides is 2. The molecular formula is C35H43FN6O5. The summed E-state index contributed by atoms with van der Waals surface area (Å²) in [5.41, 5.74) is 5.75.